The van der Waals surface area contributed by atoms with E-state index in [9.17, 15) is 14.1 Å². The number of aromatic amines is 1. The maximum absolute atomic E-state index is 14.9. The Labute approximate surface area is 196 Å². The number of aliphatic imine (C=N–C) groups is 1. The van der Waals surface area contributed by atoms with Gasteiger partial charge in [0.1, 0.15) is 0 Å². The van der Waals surface area contributed by atoms with Gasteiger partial charge in [0.2, 0.25) is 0 Å². The van der Waals surface area contributed by atoms with Crippen LogP contribution in [0.3, 0.4) is 0 Å². The van der Waals surface area contributed by atoms with E-state index in [0.29, 0.717) is 54.2 Å². The Balaban J connectivity index is 1.38. The first-order chi connectivity index (χ1) is 16.5. The van der Waals surface area contributed by atoms with Crippen LogP contribution in [-0.2, 0) is 6.42 Å². The van der Waals surface area contributed by atoms with E-state index in [2.05, 4.69) is 20.1 Å². The van der Waals surface area contributed by atoms with Crippen molar-refractivity contribution in [3.63, 3.8) is 0 Å². The number of fused-ring (bicyclic) bond motifs is 1. The summed E-state index contributed by atoms with van der Waals surface area (Å²) < 4.78 is 14.9. The van der Waals surface area contributed by atoms with Gasteiger partial charge in [-0.25, -0.2) is 0 Å². The molecule has 0 atom stereocenters. The van der Waals surface area contributed by atoms with Gasteiger partial charge in [-0.15, -0.1) is 0 Å². The van der Waals surface area contributed by atoms with E-state index in [1.807, 2.05) is 23.2 Å². The molecule has 0 spiro atoms. The van der Waals surface area contributed by atoms with Gasteiger partial charge in [0.05, 0.1) is 0 Å². The molecule has 176 valence electrons. The summed E-state index contributed by atoms with van der Waals surface area (Å²) in [7, 11) is -3.06. The molecular formula is C24H26FN6O2P. The molecule has 0 radical (unpaired) electrons. The number of aromatic nitrogens is 2. The third kappa shape index (κ3) is 4.15. The van der Waals surface area contributed by atoms with Crippen molar-refractivity contribution in [1.29, 1.82) is 5.26 Å². The molecule has 3 heterocycles. The third-order valence-electron chi connectivity index (χ3n) is 6.84. The summed E-state index contributed by atoms with van der Waals surface area (Å²) in [4.78, 5) is 31.7. The number of H-pyrrole nitrogens is 1. The molecule has 0 amide bonds. The summed E-state index contributed by atoms with van der Waals surface area (Å²) in [6.07, 6.45) is 4.31. The Morgan fingerprint density at radius 2 is 1.85 bits per heavy atom. The fourth-order valence-electron chi connectivity index (χ4n) is 4.79. The van der Waals surface area contributed by atoms with Gasteiger partial charge in [0, 0.05) is 0 Å². The van der Waals surface area contributed by atoms with E-state index < -0.39 is 7.49 Å². The van der Waals surface area contributed by atoms with Crippen molar-refractivity contribution in [2.75, 3.05) is 38.5 Å². The quantitative estimate of drug-likeness (QED) is 0.256. The molecule has 2 fully saturated rings. The number of hydrogen-bond donors (Lipinski definition) is 2. The Morgan fingerprint density at radius 1 is 1.15 bits per heavy atom. The van der Waals surface area contributed by atoms with E-state index >= 15 is 0 Å². The van der Waals surface area contributed by atoms with Crippen molar-refractivity contribution in [2.45, 2.75) is 12.8 Å². The third-order valence-corrected chi connectivity index (χ3v) is 10.3. The maximum atomic E-state index is 14.9. The van der Waals surface area contributed by atoms with E-state index in [1.165, 1.54) is 6.07 Å². The molecule has 34 heavy (non-hydrogen) atoms. The number of benzene rings is 2. The van der Waals surface area contributed by atoms with Crippen LogP contribution in [0.1, 0.15) is 17.7 Å². The zero-order valence-corrected chi connectivity index (χ0v) is 19.7. The average molecular weight is 480 g/mol. The van der Waals surface area contributed by atoms with Crippen LogP contribution in [0.15, 0.2) is 52.3 Å². The molecule has 2 saturated heterocycles. The molecule has 2 aliphatic rings. The summed E-state index contributed by atoms with van der Waals surface area (Å²) in [6.45, 7) is 2.83. The Bertz CT molecular complexity index is 1360. The minimum atomic E-state index is -3.06. The predicted molar refractivity (Wildman–Crippen MR) is 132 cm³/mol. The minimum absolute atomic E-state index is 0.245. The SMILES string of the molecule is N#CN=C(N1CCC1)N1CC[PH](O)(c2cc(Cc3n[nH]c(=O)c4ccccc34)ccc2F)CC1. The summed E-state index contributed by atoms with van der Waals surface area (Å²) in [5.41, 5.74) is 1.28. The van der Waals surface area contributed by atoms with E-state index in [4.69, 9.17) is 5.26 Å². The van der Waals surface area contributed by atoms with Gasteiger partial charge >= 0.3 is 196 Å². The van der Waals surface area contributed by atoms with Crippen molar-refractivity contribution in [3.05, 3.63) is 69.9 Å². The molecule has 10 heteroatoms. The number of rotatable bonds is 3. The molecule has 5 rings (SSSR count). The Hall–Kier alpha value is -3.34. The van der Waals surface area contributed by atoms with Gasteiger partial charge in [0.15, 0.2) is 0 Å². The number of nitriles is 1. The second-order valence-electron chi connectivity index (χ2n) is 8.91. The summed E-state index contributed by atoms with van der Waals surface area (Å²) in [6, 6.07) is 12.2. The van der Waals surface area contributed by atoms with Gasteiger partial charge in [-0.2, -0.15) is 0 Å². The van der Waals surface area contributed by atoms with Crippen LogP contribution < -0.4 is 10.9 Å². The van der Waals surface area contributed by atoms with Gasteiger partial charge in [-0.1, -0.05) is 0 Å². The van der Waals surface area contributed by atoms with Gasteiger partial charge in [-0.3, -0.25) is 0 Å². The van der Waals surface area contributed by atoms with Crippen molar-refractivity contribution in [3.8, 4) is 6.19 Å². The van der Waals surface area contributed by atoms with E-state index in [-0.39, 0.29) is 11.4 Å². The molecule has 0 saturated carbocycles. The number of nitrogens with zero attached hydrogens (tertiary/aromatic N) is 5. The number of guanidine groups is 1. The van der Waals surface area contributed by atoms with Crippen molar-refractivity contribution in [1.82, 2.24) is 20.0 Å². The van der Waals surface area contributed by atoms with Gasteiger partial charge < -0.3 is 0 Å². The number of likely N-dealkylation sites (tertiary alicyclic amines) is 1. The van der Waals surface area contributed by atoms with Crippen molar-refractivity contribution in [2.24, 2.45) is 4.99 Å². The predicted octanol–water partition coefficient (Wildman–Crippen LogP) is 1.79. The molecule has 3 aromatic rings. The molecular weight excluding hydrogens is 454 g/mol. The number of hydrogen-bond acceptors (Lipinski definition) is 5. The van der Waals surface area contributed by atoms with Crippen LogP contribution >= 0.6 is 7.49 Å². The average Bonchev–Trinajstić information content (AvgIpc) is 2.81. The molecule has 8 nitrogen and oxygen atoms in total. The fourth-order valence-corrected chi connectivity index (χ4v) is 7.84. The molecule has 0 aliphatic carbocycles. The van der Waals surface area contributed by atoms with Crippen LogP contribution in [0.5, 0.6) is 0 Å². The van der Waals surface area contributed by atoms with Crippen LogP contribution in [0.4, 0.5) is 4.39 Å². The Morgan fingerprint density at radius 3 is 2.53 bits per heavy atom. The summed E-state index contributed by atoms with van der Waals surface area (Å²) in [5.74, 6) is 0.273. The number of halogens is 1. The first kappa shape index (κ1) is 22.5. The molecule has 2 aromatic carbocycles. The van der Waals surface area contributed by atoms with Crippen LogP contribution in [0.25, 0.3) is 10.8 Å². The first-order valence-electron chi connectivity index (χ1n) is 11.4. The zero-order chi connectivity index (χ0) is 23.7. The van der Waals surface area contributed by atoms with Gasteiger partial charge in [0.25, 0.3) is 0 Å². The van der Waals surface area contributed by atoms with E-state index in [0.717, 1.165) is 30.5 Å². The molecule has 0 bridgehead atoms. The summed E-state index contributed by atoms with van der Waals surface area (Å²) in [5, 5.41) is 17.6. The van der Waals surface area contributed by atoms with Gasteiger partial charge in [-0.05, 0) is 0 Å². The topological polar surface area (TPSA) is 109 Å². The van der Waals surface area contributed by atoms with Crippen LogP contribution in [0.2, 0.25) is 0 Å². The first-order valence-corrected chi connectivity index (χ1v) is 13.8. The van der Waals surface area contributed by atoms with E-state index in [1.54, 1.807) is 24.3 Å². The fraction of sp³-hybridized carbons (Fsp3) is 0.333. The van der Waals surface area contributed by atoms with Crippen LogP contribution in [-0.4, -0.2) is 69.4 Å². The standard InChI is InChI=1S/C24H26FN6O2P/c25-20-7-6-17(14-21-18-4-1-2-5-19(18)23(32)29-28-21)15-22(20)34(33)12-10-31(11-13-34)24(27-16-26)30-8-3-9-30/h1-2,4-7,15,33-34H,3,8-14H2,(H,29,32). The van der Waals surface area contributed by atoms with Crippen LogP contribution in [0, 0.1) is 17.3 Å². The molecule has 2 N–H and O–H groups in total. The molecule has 1 aromatic heterocycles. The zero-order valence-electron chi connectivity index (χ0n) is 18.7. The molecule has 2 aliphatic heterocycles. The normalized spacial score (nSPS) is 18.9. The summed E-state index contributed by atoms with van der Waals surface area (Å²) >= 11 is 0. The molecule has 0 unspecified atom stereocenters. The monoisotopic (exact) mass is 480 g/mol. The van der Waals surface area contributed by atoms with Crippen molar-refractivity contribution >= 4 is 29.5 Å². The number of nitrogens with one attached hydrogen (secondary N) is 1. The van der Waals surface area contributed by atoms with Crippen molar-refractivity contribution < 1.29 is 9.28 Å². The second-order valence-corrected chi connectivity index (χ2v) is 12.5. The Kier molecular flexibility index (Phi) is 6.03. The second kappa shape index (κ2) is 9.13.